The Hall–Kier alpha value is -3.66. The van der Waals surface area contributed by atoms with Crippen molar-refractivity contribution in [2.24, 2.45) is 9.98 Å². The maximum Gasteiger partial charge on any atom is 0.270 e. The smallest absolute Gasteiger partial charge is 0.270 e. The third-order valence-electron chi connectivity index (χ3n) is 5.13. The van der Waals surface area contributed by atoms with Gasteiger partial charge in [-0.2, -0.15) is 0 Å². The van der Waals surface area contributed by atoms with E-state index in [9.17, 15) is 14.9 Å². The molecule has 3 aromatic carbocycles. The molecule has 1 amide bonds. The molecule has 0 aromatic heterocycles. The van der Waals surface area contributed by atoms with Gasteiger partial charge >= 0.3 is 0 Å². The molecule has 3 aromatic rings. The molecule has 3 N–H and O–H groups in total. The van der Waals surface area contributed by atoms with Crippen LogP contribution >= 0.6 is 34.8 Å². The summed E-state index contributed by atoms with van der Waals surface area (Å²) in [6.45, 7) is 1.57. The molecule has 0 aliphatic carbocycles. The largest absolute Gasteiger partial charge is 0.354 e. The van der Waals surface area contributed by atoms with E-state index < -0.39 is 4.92 Å². The summed E-state index contributed by atoms with van der Waals surface area (Å²) in [6, 6.07) is 16.6. The summed E-state index contributed by atoms with van der Waals surface area (Å²) in [6.07, 6.45) is 0. The summed E-state index contributed by atoms with van der Waals surface area (Å²) in [5, 5.41) is 21.5. The van der Waals surface area contributed by atoms with Crippen molar-refractivity contribution in [1.82, 2.24) is 5.32 Å². The van der Waals surface area contributed by atoms with Crippen molar-refractivity contribution < 1.29 is 9.72 Å². The Labute approximate surface area is 221 Å². The molecule has 12 heteroatoms. The highest BCUT2D eigenvalue weighted by atomic mass is 35.5. The monoisotopic (exact) mass is 544 g/mol. The average Bonchev–Trinajstić information content (AvgIpc) is 3.31. The third-order valence-corrected chi connectivity index (χ3v) is 6.09. The molecular formula is C24H19Cl3N6O3. The van der Waals surface area contributed by atoms with Crippen LogP contribution in [0.5, 0.6) is 0 Å². The lowest BCUT2D eigenvalue weighted by Crippen LogP contribution is -2.26. The van der Waals surface area contributed by atoms with Crippen molar-refractivity contribution >= 4 is 69.4 Å². The van der Waals surface area contributed by atoms with Crippen LogP contribution in [-0.4, -0.2) is 42.1 Å². The van der Waals surface area contributed by atoms with Crippen LogP contribution in [0.4, 0.5) is 17.1 Å². The molecule has 2 aliphatic rings. The van der Waals surface area contributed by atoms with Crippen LogP contribution in [0.25, 0.3) is 0 Å². The minimum atomic E-state index is -0.489. The number of hydrogen-bond donors (Lipinski definition) is 3. The maximum absolute atomic E-state index is 11.7. The minimum Gasteiger partial charge on any atom is -0.354 e. The van der Waals surface area contributed by atoms with Gasteiger partial charge in [0.25, 0.3) is 5.69 Å². The molecule has 0 saturated heterocycles. The summed E-state index contributed by atoms with van der Waals surface area (Å²) < 4.78 is 0. The molecule has 0 spiro atoms. The SMILES string of the molecule is Clc1cccc(Cl)c1NC1=NCCN1.O=C1CN=C(c2ccccc2Cl)c2cc([N+](=O)[O-])ccc2N1. The second-order valence-electron chi connectivity index (χ2n) is 7.56. The zero-order valence-corrected chi connectivity index (χ0v) is 20.9. The molecule has 0 atom stereocenters. The molecule has 36 heavy (non-hydrogen) atoms. The number of carbonyl (C=O) groups excluding carboxylic acids is 1. The number of guanidine groups is 1. The molecular weight excluding hydrogens is 527 g/mol. The Bertz CT molecular complexity index is 1370. The van der Waals surface area contributed by atoms with E-state index in [1.165, 1.54) is 18.2 Å². The Kier molecular flexibility index (Phi) is 8.04. The summed E-state index contributed by atoms with van der Waals surface area (Å²) in [5.74, 6) is 0.442. The minimum absolute atomic E-state index is 0.0664. The van der Waals surface area contributed by atoms with Crippen LogP contribution in [-0.2, 0) is 4.79 Å². The Morgan fingerprint density at radius 2 is 1.64 bits per heavy atom. The number of fused-ring (bicyclic) bond motifs is 1. The highest BCUT2D eigenvalue weighted by Crippen LogP contribution is 2.30. The first-order chi connectivity index (χ1) is 17.3. The molecule has 0 fully saturated rings. The number of nitro groups is 1. The number of aliphatic imine (C=N–C) groups is 2. The highest BCUT2D eigenvalue weighted by Gasteiger charge is 2.22. The predicted octanol–water partition coefficient (Wildman–Crippen LogP) is 5.40. The van der Waals surface area contributed by atoms with Crippen molar-refractivity contribution in [1.29, 1.82) is 0 Å². The Morgan fingerprint density at radius 3 is 2.31 bits per heavy atom. The van der Waals surface area contributed by atoms with Crippen LogP contribution in [0.3, 0.4) is 0 Å². The van der Waals surface area contributed by atoms with E-state index in [0.29, 0.717) is 43.3 Å². The lowest BCUT2D eigenvalue weighted by molar-refractivity contribution is -0.384. The molecule has 0 bridgehead atoms. The number of amides is 1. The molecule has 2 heterocycles. The summed E-state index contributed by atoms with van der Waals surface area (Å²) in [7, 11) is 0. The Morgan fingerprint density at radius 1 is 0.917 bits per heavy atom. The zero-order chi connectivity index (χ0) is 25.7. The maximum atomic E-state index is 11.7. The topological polar surface area (TPSA) is 121 Å². The van der Waals surface area contributed by atoms with Crippen molar-refractivity contribution in [3.05, 3.63) is 97.0 Å². The van der Waals surface area contributed by atoms with Gasteiger partial charge in [0.2, 0.25) is 5.91 Å². The molecule has 2 aliphatic heterocycles. The van der Waals surface area contributed by atoms with Crippen LogP contribution in [0.2, 0.25) is 15.1 Å². The number of carbonyl (C=O) groups is 1. The van der Waals surface area contributed by atoms with Crippen LogP contribution in [0, 0.1) is 10.1 Å². The fourth-order valence-corrected chi connectivity index (χ4v) is 4.19. The second-order valence-corrected chi connectivity index (χ2v) is 8.78. The van der Waals surface area contributed by atoms with Gasteiger partial charge in [0.1, 0.15) is 6.54 Å². The summed E-state index contributed by atoms with van der Waals surface area (Å²) in [4.78, 5) is 30.7. The van der Waals surface area contributed by atoms with Crippen molar-refractivity contribution in [3.8, 4) is 0 Å². The number of halogens is 3. The van der Waals surface area contributed by atoms with Gasteiger partial charge in [0.05, 0.1) is 38.6 Å². The van der Waals surface area contributed by atoms with E-state index in [1.54, 1.807) is 42.5 Å². The van der Waals surface area contributed by atoms with Crippen LogP contribution in [0.1, 0.15) is 11.1 Å². The molecule has 0 saturated carbocycles. The second kappa shape index (κ2) is 11.4. The number of non-ortho nitro benzene ring substituents is 1. The number of nitrogens with zero attached hydrogens (tertiary/aromatic N) is 3. The van der Waals surface area contributed by atoms with E-state index in [1.807, 2.05) is 0 Å². The number of benzodiazepines with no additional fused rings is 1. The van der Waals surface area contributed by atoms with Crippen molar-refractivity contribution in [2.75, 3.05) is 30.3 Å². The zero-order valence-electron chi connectivity index (χ0n) is 18.6. The molecule has 0 unspecified atom stereocenters. The number of rotatable bonds is 3. The van der Waals surface area contributed by atoms with Gasteiger partial charge in [-0.15, -0.1) is 0 Å². The van der Waals surface area contributed by atoms with E-state index >= 15 is 0 Å². The fraction of sp³-hybridized carbons (Fsp3) is 0.125. The standard InChI is InChI=1S/C15H10ClN3O3.C9H9Cl2N3/c16-12-4-2-1-3-10(12)15-11-7-9(19(21)22)5-6-13(11)18-14(20)8-17-15;10-6-2-1-3-7(11)8(6)14-9-12-4-5-13-9/h1-7H,8H2,(H,18,20);1-3H,4-5H2,(H2,12,13,14). The lowest BCUT2D eigenvalue weighted by Gasteiger charge is -2.11. The van der Waals surface area contributed by atoms with Gasteiger partial charge in [-0.1, -0.05) is 59.1 Å². The van der Waals surface area contributed by atoms with Gasteiger partial charge in [0, 0.05) is 34.8 Å². The van der Waals surface area contributed by atoms with Crippen molar-refractivity contribution in [2.45, 2.75) is 0 Å². The van der Waals surface area contributed by atoms with E-state index in [2.05, 4.69) is 25.9 Å². The number of benzene rings is 3. The number of anilines is 2. The fourth-order valence-electron chi connectivity index (χ4n) is 3.48. The summed E-state index contributed by atoms with van der Waals surface area (Å²) >= 11 is 18.2. The van der Waals surface area contributed by atoms with E-state index in [4.69, 9.17) is 34.8 Å². The van der Waals surface area contributed by atoms with Gasteiger partial charge < -0.3 is 16.0 Å². The lowest BCUT2D eigenvalue weighted by atomic mass is 10.00. The number of hydrogen-bond acceptors (Lipinski definition) is 7. The number of para-hydroxylation sites is 1. The summed E-state index contributed by atoms with van der Waals surface area (Å²) in [5.41, 5.74) is 2.67. The Balaban J connectivity index is 0.000000187. The van der Waals surface area contributed by atoms with Crippen molar-refractivity contribution in [3.63, 3.8) is 0 Å². The van der Waals surface area contributed by atoms with Gasteiger partial charge in [-0.05, 0) is 24.3 Å². The number of nitro benzene ring substituents is 1. The third kappa shape index (κ3) is 5.93. The normalized spacial score (nSPS) is 14.1. The predicted molar refractivity (Wildman–Crippen MR) is 144 cm³/mol. The first-order valence-electron chi connectivity index (χ1n) is 10.7. The van der Waals surface area contributed by atoms with Crippen LogP contribution in [0.15, 0.2) is 70.6 Å². The number of nitrogens with one attached hydrogen (secondary N) is 3. The van der Waals surface area contributed by atoms with E-state index in [0.717, 1.165) is 19.0 Å². The van der Waals surface area contributed by atoms with Gasteiger partial charge in [-0.25, -0.2) is 0 Å². The quantitative estimate of drug-likeness (QED) is 0.300. The van der Waals surface area contributed by atoms with Gasteiger partial charge in [-0.3, -0.25) is 24.9 Å². The molecule has 5 rings (SSSR count). The molecule has 0 radical (unpaired) electrons. The average molecular weight is 546 g/mol. The molecule has 9 nitrogen and oxygen atoms in total. The van der Waals surface area contributed by atoms with Gasteiger partial charge in [0.15, 0.2) is 5.96 Å². The van der Waals surface area contributed by atoms with Crippen LogP contribution < -0.4 is 16.0 Å². The highest BCUT2D eigenvalue weighted by molar-refractivity contribution is 6.39. The molecule has 184 valence electrons. The first-order valence-corrected chi connectivity index (χ1v) is 11.8. The van der Waals surface area contributed by atoms with E-state index in [-0.39, 0.29) is 18.1 Å². The first kappa shape index (κ1) is 25.4.